The number of aryl methyl sites for hydroxylation is 1. The van der Waals surface area contributed by atoms with E-state index < -0.39 is 0 Å². The van der Waals surface area contributed by atoms with E-state index in [0.29, 0.717) is 18.3 Å². The highest BCUT2D eigenvalue weighted by Crippen LogP contribution is 2.25. The van der Waals surface area contributed by atoms with Gasteiger partial charge in [-0.1, -0.05) is 41.4 Å². The number of hydrogen-bond acceptors (Lipinski definition) is 2. The smallest absolute Gasteiger partial charge is 0.133 e. The fourth-order valence-electron chi connectivity index (χ4n) is 2.18. The van der Waals surface area contributed by atoms with Crippen LogP contribution < -0.4 is 0 Å². The maximum Gasteiger partial charge on any atom is 0.133 e. The molecule has 0 N–H and O–H groups in total. The average Bonchev–Trinajstić information content (AvgIpc) is 2.70. The van der Waals surface area contributed by atoms with Gasteiger partial charge in [-0.2, -0.15) is 5.10 Å². The molecule has 0 amide bonds. The molecule has 18 heavy (non-hydrogen) atoms. The molecular formula is C14H15ClN2O. The quantitative estimate of drug-likeness (QED) is 0.832. The Bertz CT molecular complexity index is 560. The highest BCUT2D eigenvalue weighted by atomic mass is 35.5. The normalized spacial score (nSPS) is 14.6. The third kappa shape index (κ3) is 2.16. The summed E-state index contributed by atoms with van der Waals surface area (Å²) in [6.45, 7) is 4.12. The maximum atomic E-state index is 6.34. The summed E-state index contributed by atoms with van der Waals surface area (Å²) < 4.78 is 7.28. The van der Waals surface area contributed by atoms with Crippen molar-refractivity contribution in [1.82, 2.24) is 9.78 Å². The van der Waals surface area contributed by atoms with E-state index >= 15 is 0 Å². The molecule has 0 spiro atoms. The lowest BCUT2D eigenvalue weighted by Gasteiger charge is -2.09. The first kappa shape index (κ1) is 11.8. The molecule has 0 saturated heterocycles. The molecule has 0 radical (unpaired) electrons. The minimum absolute atomic E-state index is 0.585. The Morgan fingerprint density at radius 2 is 2.11 bits per heavy atom. The van der Waals surface area contributed by atoms with Gasteiger partial charge >= 0.3 is 0 Å². The molecule has 0 atom stereocenters. The largest absolute Gasteiger partial charge is 0.376 e. The Morgan fingerprint density at radius 3 is 2.83 bits per heavy atom. The molecule has 2 heterocycles. The van der Waals surface area contributed by atoms with Gasteiger partial charge in [0.1, 0.15) is 5.15 Å². The van der Waals surface area contributed by atoms with Crippen molar-refractivity contribution >= 4 is 11.6 Å². The fourth-order valence-corrected chi connectivity index (χ4v) is 2.44. The number of benzene rings is 1. The Balaban J connectivity index is 1.88. The van der Waals surface area contributed by atoms with Gasteiger partial charge in [-0.3, -0.25) is 0 Å². The SMILES string of the molecule is Cc1ccc(Cn2nc3c(c2Cl)COCC3)cc1. The first-order chi connectivity index (χ1) is 8.74. The third-order valence-corrected chi connectivity index (χ3v) is 3.67. The van der Waals surface area contributed by atoms with Gasteiger partial charge in [0.05, 0.1) is 25.5 Å². The van der Waals surface area contributed by atoms with E-state index in [4.69, 9.17) is 16.3 Å². The molecule has 1 aromatic heterocycles. The number of nitrogens with zero attached hydrogens (tertiary/aromatic N) is 2. The molecule has 0 aliphatic carbocycles. The summed E-state index contributed by atoms with van der Waals surface area (Å²) in [5.74, 6) is 0. The highest BCUT2D eigenvalue weighted by Gasteiger charge is 2.19. The van der Waals surface area contributed by atoms with Crippen molar-refractivity contribution in [2.45, 2.75) is 26.5 Å². The molecule has 0 fully saturated rings. The number of aromatic nitrogens is 2. The monoisotopic (exact) mass is 262 g/mol. The molecule has 4 heteroatoms. The molecule has 0 bridgehead atoms. The minimum Gasteiger partial charge on any atom is -0.376 e. The van der Waals surface area contributed by atoms with Crippen LogP contribution in [0.2, 0.25) is 5.15 Å². The second-order valence-corrected chi connectivity index (χ2v) is 5.02. The summed E-state index contributed by atoms with van der Waals surface area (Å²) in [5, 5.41) is 5.29. The molecule has 1 aliphatic rings. The molecule has 3 rings (SSSR count). The predicted molar refractivity (Wildman–Crippen MR) is 70.9 cm³/mol. The van der Waals surface area contributed by atoms with Crippen molar-refractivity contribution < 1.29 is 4.74 Å². The van der Waals surface area contributed by atoms with E-state index in [1.807, 2.05) is 4.68 Å². The van der Waals surface area contributed by atoms with Crippen LogP contribution in [0, 0.1) is 6.92 Å². The number of rotatable bonds is 2. The summed E-state index contributed by atoms with van der Waals surface area (Å²) >= 11 is 6.34. The Hall–Kier alpha value is -1.32. The summed E-state index contributed by atoms with van der Waals surface area (Å²) in [7, 11) is 0. The average molecular weight is 263 g/mol. The van der Waals surface area contributed by atoms with Gasteiger partial charge in [-0.05, 0) is 12.5 Å². The van der Waals surface area contributed by atoms with Crippen molar-refractivity contribution in [2.75, 3.05) is 6.61 Å². The summed E-state index contributed by atoms with van der Waals surface area (Å²) in [5.41, 5.74) is 4.61. The molecule has 2 aromatic rings. The van der Waals surface area contributed by atoms with Crippen LogP contribution in [0.1, 0.15) is 22.4 Å². The molecule has 1 aliphatic heterocycles. The van der Waals surface area contributed by atoms with Crippen LogP contribution in [0.4, 0.5) is 0 Å². The van der Waals surface area contributed by atoms with E-state index in [9.17, 15) is 0 Å². The lowest BCUT2D eigenvalue weighted by molar-refractivity contribution is 0.110. The Labute approximate surface area is 111 Å². The van der Waals surface area contributed by atoms with Crippen LogP contribution in [0.5, 0.6) is 0 Å². The van der Waals surface area contributed by atoms with Crippen molar-refractivity contribution in [2.24, 2.45) is 0 Å². The fraction of sp³-hybridized carbons (Fsp3) is 0.357. The van der Waals surface area contributed by atoms with Crippen molar-refractivity contribution in [3.8, 4) is 0 Å². The number of ether oxygens (including phenoxy) is 1. The molecule has 0 unspecified atom stereocenters. The van der Waals surface area contributed by atoms with Gasteiger partial charge in [0, 0.05) is 12.0 Å². The van der Waals surface area contributed by atoms with Crippen LogP contribution >= 0.6 is 11.6 Å². The van der Waals surface area contributed by atoms with E-state index in [0.717, 1.165) is 24.3 Å². The first-order valence-electron chi connectivity index (χ1n) is 6.11. The topological polar surface area (TPSA) is 27.1 Å². The zero-order valence-electron chi connectivity index (χ0n) is 10.3. The van der Waals surface area contributed by atoms with Crippen molar-refractivity contribution in [3.63, 3.8) is 0 Å². The minimum atomic E-state index is 0.585. The van der Waals surface area contributed by atoms with E-state index in [2.05, 4.69) is 36.3 Å². The van der Waals surface area contributed by atoms with Crippen molar-refractivity contribution in [1.29, 1.82) is 0 Å². The van der Waals surface area contributed by atoms with Gasteiger partial charge in [0.25, 0.3) is 0 Å². The van der Waals surface area contributed by atoms with Crippen LogP contribution in [-0.4, -0.2) is 16.4 Å². The number of halogens is 1. The summed E-state index contributed by atoms with van der Waals surface area (Å²) in [6.07, 6.45) is 0.857. The molecule has 94 valence electrons. The van der Waals surface area contributed by atoms with E-state index in [1.165, 1.54) is 11.1 Å². The predicted octanol–water partition coefficient (Wildman–Crippen LogP) is 2.97. The van der Waals surface area contributed by atoms with E-state index in [1.54, 1.807) is 0 Å². The second kappa shape index (κ2) is 4.75. The van der Waals surface area contributed by atoms with Gasteiger partial charge < -0.3 is 4.74 Å². The zero-order valence-corrected chi connectivity index (χ0v) is 11.1. The third-order valence-electron chi connectivity index (χ3n) is 3.25. The van der Waals surface area contributed by atoms with Crippen LogP contribution in [0.3, 0.4) is 0 Å². The van der Waals surface area contributed by atoms with E-state index in [-0.39, 0.29) is 0 Å². The molecule has 0 saturated carbocycles. The standard InChI is InChI=1S/C14H15ClN2O/c1-10-2-4-11(5-3-10)8-17-14(15)12-9-18-7-6-13(12)16-17/h2-5H,6-9H2,1H3. The molecule has 1 aromatic carbocycles. The van der Waals surface area contributed by atoms with Gasteiger partial charge in [0.15, 0.2) is 0 Å². The summed E-state index contributed by atoms with van der Waals surface area (Å²) in [4.78, 5) is 0. The lowest BCUT2D eigenvalue weighted by Crippen LogP contribution is -2.08. The van der Waals surface area contributed by atoms with Crippen molar-refractivity contribution in [3.05, 3.63) is 51.8 Å². The summed E-state index contributed by atoms with van der Waals surface area (Å²) in [6, 6.07) is 8.44. The van der Waals surface area contributed by atoms with Crippen LogP contribution in [-0.2, 0) is 24.3 Å². The zero-order chi connectivity index (χ0) is 12.5. The van der Waals surface area contributed by atoms with Crippen LogP contribution in [0.25, 0.3) is 0 Å². The van der Waals surface area contributed by atoms with Gasteiger partial charge in [0.2, 0.25) is 0 Å². The molecule has 3 nitrogen and oxygen atoms in total. The Kier molecular flexibility index (Phi) is 3.10. The maximum absolute atomic E-state index is 6.34. The second-order valence-electron chi connectivity index (χ2n) is 4.66. The van der Waals surface area contributed by atoms with Gasteiger partial charge in [-0.15, -0.1) is 0 Å². The first-order valence-corrected chi connectivity index (χ1v) is 6.49. The Morgan fingerprint density at radius 1 is 1.33 bits per heavy atom. The van der Waals surface area contributed by atoms with Gasteiger partial charge in [-0.25, -0.2) is 4.68 Å². The highest BCUT2D eigenvalue weighted by molar-refractivity contribution is 6.30. The van der Waals surface area contributed by atoms with Crippen LogP contribution in [0.15, 0.2) is 24.3 Å². The number of hydrogen-bond donors (Lipinski definition) is 0. The lowest BCUT2D eigenvalue weighted by atomic mass is 10.1. The molecular weight excluding hydrogens is 248 g/mol. The number of fused-ring (bicyclic) bond motifs is 1.